The second-order valence-electron chi connectivity index (χ2n) is 6.86. The number of rotatable bonds is 10. The zero-order valence-electron chi connectivity index (χ0n) is 16.1. The first-order valence-corrected chi connectivity index (χ1v) is 9.45. The van der Waals surface area contributed by atoms with E-state index in [4.69, 9.17) is 4.74 Å². The molecule has 6 heteroatoms. The van der Waals surface area contributed by atoms with Crippen molar-refractivity contribution in [3.63, 3.8) is 0 Å². The molecule has 0 amide bonds. The Bertz CT molecular complexity index is 862. The molecule has 0 spiro atoms. The smallest absolute Gasteiger partial charge is 0.273 e. The predicted molar refractivity (Wildman–Crippen MR) is 112 cm³/mol. The summed E-state index contributed by atoms with van der Waals surface area (Å²) in [5.74, 6) is 0.371. The van der Waals surface area contributed by atoms with Crippen molar-refractivity contribution in [2.24, 2.45) is 0 Å². The summed E-state index contributed by atoms with van der Waals surface area (Å²) in [6.45, 7) is 1.87. The maximum absolute atomic E-state index is 10.9. The maximum Gasteiger partial charge on any atom is 0.273 e. The summed E-state index contributed by atoms with van der Waals surface area (Å²) in [5, 5.41) is 21.4. The summed E-state index contributed by atoms with van der Waals surface area (Å²) in [4.78, 5) is 12.6. The lowest BCUT2D eigenvalue weighted by molar-refractivity contribution is -0.384. The second-order valence-corrected chi connectivity index (χ2v) is 6.86. The highest BCUT2D eigenvalue weighted by molar-refractivity contribution is 5.37. The molecule has 0 aliphatic heterocycles. The van der Waals surface area contributed by atoms with Gasteiger partial charge < -0.3 is 9.84 Å². The third-order valence-electron chi connectivity index (χ3n) is 4.44. The van der Waals surface area contributed by atoms with Crippen LogP contribution in [0, 0.1) is 10.1 Å². The Balaban J connectivity index is 1.61. The Hall–Kier alpha value is -3.22. The van der Waals surface area contributed by atoms with E-state index >= 15 is 0 Å². The van der Waals surface area contributed by atoms with Crippen molar-refractivity contribution in [3.05, 3.63) is 106 Å². The van der Waals surface area contributed by atoms with Crippen molar-refractivity contribution in [1.82, 2.24) is 4.90 Å². The highest BCUT2D eigenvalue weighted by Gasteiger charge is 2.15. The molecular formula is C23H24N2O4. The van der Waals surface area contributed by atoms with Crippen molar-refractivity contribution in [2.75, 3.05) is 13.2 Å². The minimum absolute atomic E-state index is 0.0354. The van der Waals surface area contributed by atoms with Gasteiger partial charge in [0.1, 0.15) is 18.5 Å². The van der Waals surface area contributed by atoms with Crippen molar-refractivity contribution >= 4 is 5.69 Å². The van der Waals surface area contributed by atoms with E-state index < -0.39 is 11.0 Å². The zero-order valence-corrected chi connectivity index (χ0v) is 16.1. The number of nitro groups is 1. The van der Waals surface area contributed by atoms with Gasteiger partial charge in [-0.2, -0.15) is 0 Å². The van der Waals surface area contributed by atoms with Crippen LogP contribution in [0.4, 0.5) is 5.69 Å². The molecule has 3 rings (SSSR count). The van der Waals surface area contributed by atoms with Gasteiger partial charge in [-0.15, -0.1) is 0 Å². The van der Waals surface area contributed by atoms with Gasteiger partial charge in [0.25, 0.3) is 5.69 Å². The predicted octanol–water partition coefficient (Wildman–Crippen LogP) is 4.04. The van der Waals surface area contributed by atoms with Gasteiger partial charge in [0.15, 0.2) is 0 Å². The van der Waals surface area contributed by atoms with Gasteiger partial charge in [-0.3, -0.25) is 15.0 Å². The summed E-state index contributed by atoms with van der Waals surface area (Å²) in [6.07, 6.45) is -0.735. The lowest BCUT2D eigenvalue weighted by Gasteiger charge is -2.25. The molecular weight excluding hydrogens is 368 g/mol. The Morgan fingerprint density at radius 2 is 1.48 bits per heavy atom. The van der Waals surface area contributed by atoms with E-state index in [2.05, 4.69) is 29.2 Å². The topological polar surface area (TPSA) is 75.8 Å². The van der Waals surface area contributed by atoms with E-state index in [-0.39, 0.29) is 12.3 Å². The SMILES string of the molecule is O=[N+]([O-])c1cccc(OCC(O)CN(Cc2ccccc2)Cc2ccccc2)c1. The molecule has 0 aromatic heterocycles. The van der Waals surface area contributed by atoms with Crippen LogP contribution < -0.4 is 4.74 Å². The number of aliphatic hydroxyl groups excluding tert-OH is 1. The third-order valence-corrected chi connectivity index (χ3v) is 4.44. The first kappa shape index (κ1) is 20.5. The van der Waals surface area contributed by atoms with Crippen LogP contribution in [0.2, 0.25) is 0 Å². The Kier molecular flexibility index (Phi) is 7.33. The number of aliphatic hydroxyl groups is 1. The molecule has 0 radical (unpaired) electrons. The molecule has 0 aliphatic carbocycles. The molecule has 150 valence electrons. The lowest BCUT2D eigenvalue weighted by Crippen LogP contribution is -2.35. The van der Waals surface area contributed by atoms with Gasteiger partial charge in [0, 0.05) is 25.7 Å². The average Bonchev–Trinajstić information content (AvgIpc) is 2.74. The quantitative estimate of drug-likeness (QED) is 0.416. The lowest BCUT2D eigenvalue weighted by atomic mass is 10.1. The summed E-state index contributed by atoms with van der Waals surface area (Å²) in [6, 6.07) is 26.2. The molecule has 0 saturated heterocycles. The molecule has 29 heavy (non-hydrogen) atoms. The third kappa shape index (κ3) is 6.71. The van der Waals surface area contributed by atoms with E-state index in [0.29, 0.717) is 25.4 Å². The van der Waals surface area contributed by atoms with Gasteiger partial charge >= 0.3 is 0 Å². The molecule has 1 unspecified atom stereocenters. The fourth-order valence-corrected chi connectivity index (χ4v) is 3.10. The Morgan fingerprint density at radius 1 is 0.897 bits per heavy atom. The number of benzene rings is 3. The molecule has 0 fully saturated rings. The van der Waals surface area contributed by atoms with Crippen LogP contribution in [0.1, 0.15) is 11.1 Å². The molecule has 0 bridgehead atoms. The first-order chi connectivity index (χ1) is 14.1. The summed E-state index contributed by atoms with van der Waals surface area (Å²) in [7, 11) is 0. The molecule has 6 nitrogen and oxygen atoms in total. The van der Waals surface area contributed by atoms with E-state index in [9.17, 15) is 15.2 Å². The highest BCUT2D eigenvalue weighted by atomic mass is 16.6. The Morgan fingerprint density at radius 3 is 2.03 bits per heavy atom. The molecule has 1 atom stereocenters. The largest absolute Gasteiger partial charge is 0.491 e. The van der Waals surface area contributed by atoms with Crippen LogP contribution in [0.5, 0.6) is 5.75 Å². The van der Waals surface area contributed by atoms with Gasteiger partial charge in [0.05, 0.1) is 11.0 Å². The van der Waals surface area contributed by atoms with Crippen molar-refractivity contribution < 1.29 is 14.8 Å². The van der Waals surface area contributed by atoms with E-state index in [1.54, 1.807) is 12.1 Å². The minimum atomic E-state index is -0.735. The number of ether oxygens (including phenoxy) is 1. The van der Waals surface area contributed by atoms with Crippen LogP contribution in [0.15, 0.2) is 84.9 Å². The summed E-state index contributed by atoms with van der Waals surface area (Å²) in [5.41, 5.74) is 2.29. The van der Waals surface area contributed by atoms with Crippen LogP contribution in [0.3, 0.4) is 0 Å². The molecule has 3 aromatic carbocycles. The van der Waals surface area contributed by atoms with Crippen molar-refractivity contribution in [1.29, 1.82) is 0 Å². The molecule has 0 aliphatic rings. The Labute approximate surface area is 170 Å². The number of nitro benzene ring substituents is 1. The first-order valence-electron chi connectivity index (χ1n) is 9.45. The summed E-state index contributed by atoms with van der Waals surface area (Å²) < 4.78 is 5.58. The van der Waals surface area contributed by atoms with E-state index in [1.807, 2.05) is 36.4 Å². The van der Waals surface area contributed by atoms with Crippen LogP contribution in [-0.4, -0.2) is 34.2 Å². The highest BCUT2D eigenvalue weighted by Crippen LogP contribution is 2.19. The van der Waals surface area contributed by atoms with Crippen LogP contribution in [0.25, 0.3) is 0 Å². The normalized spacial score (nSPS) is 11.9. The minimum Gasteiger partial charge on any atom is -0.491 e. The summed E-state index contributed by atoms with van der Waals surface area (Å²) >= 11 is 0. The van der Waals surface area contributed by atoms with Gasteiger partial charge in [-0.25, -0.2) is 0 Å². The standard InChI is InChI=1S/C23H24N2O4/c26-22(18-29-23-13-7-12-21(14-23)25(27)28)17-24(15-19-8-3-1-4-9-19)16-20-10-5-2-6-11-20/h1-14,22,26H,15-18H2. The maximum atomic E-state index is 10.9. The number of nitrogens with zero attached hydrogens (tertiary/aromatic N) is 2. The molecule has 0 heterocycles. The van der Waals surface area contributed by atoms with E-state index in [1.165, 1.54) is 12.1 Å². The number of hydrogen-bond acceptors (Lipinski definition) is 5. The number of hydrogen-bond donors (Lipinski definition) is 1. The molecule has 3 aromatic rings. The zero-order chi connectivity index (χ0) is 20.5. The van der Waals surface area contributed by atoms with Crippen LogP contribution >= 0.6 is 0 Å². The molecule has 1 N–H and O–H groups in total. The van der Waals surface area contributed by atoms with Gasteiger partial charge in [-0.05, 0) is 17.2 Å². The van der Waals surface area contributed by atoms with Crippen molar-refractivity contribution in [3.8, 4) is 5.75 Å². The van der Waals surface area contributed by atoms with Gasteiger partial charge in [0.2, 0.25) is 0 Å². The average molecular weight is 392 g/mol. The number of non-ortho nitro benzene ring substituents is 1. The fraction of sp³-hybridized carbons (Fsp3) is 0.217. The van der Waals surface area contributed by atoms with Crippen LogP contribution in [-0.2, 0) is 13.1 Å². The molecule has 0 saturated carbocycles. The second kappa shape index (κ2) is 10.4. The fourth-order valence-electron chi connectivity index (χ4n) is 3.10. The monoisotopic (exact) mass is 392 g/mol. The van der Waals surface area contributed by atoms with Crippen molar-refractivity contribution in [2.45, 2.75) is 19.2 Å². The van der Waals surface area contributed by atoms with E-state index in [0.717, 1.165) is 11.1 Å². The van der Waals surface area contributed by atoms with Gasteiger partial charge in [-0.1, -0.05) is 66.7 Å².